The van der Waals surface area contributed by atoms with Gasteiger partial charge in [-0.25, -0.2) is 0 Å². The SMILES string of the molecule is CCC.CCCCCCCN(CCO)CCCCCC(=O)OCCCCC. The summed E-state index contributed by atoms with van der Waals surface area (Å²) in [6.07, 6.45) is 14.6. The predicted molar refractivity (Wildman–Crippen MR) is 117 cm³/mol. The van der Waals surface area contributed by atoms with Crippen LogP contribution in [-0.4, -0.2) is 48.8 Å². The quantitative estimate of drug-likeness (QED) is 0.233. The van der Waals surface area contributed by atoms with Gasteiger partial charge in [0.15, 0.2) is 0 Å². The van der Waals surface area contributed by atoms with E-state index in [2.05, 4.69) is 32.6 Å². The van der Waals surface area contributed by atoms with Gasteiger partial charge in [-0.05, 0) is 38.8 Å². The van der Waals surface area contributed by atoms with E-state index < -0.39 is 0 Å². The minimum absolute atomic E-state index is 0.0470. The summed E-state index contributed by atoms with van der Waals surface area (Å²) < 4.78 is 5.21. The molecule has 1 N–H and O–H groups in total. The second-order valence-corrected chi connectivity index (χ2v) is 7.42. The highest BCUT2D eigenvalue weighted by Crippen LogP contribution is 2.07. The van der Waals surface area contributed by atoms with E-state index in [0.717, 1.165) is 58.2 Å². The Kier molecular flexibility index (Phi) is 26.9. The molecule has 0 aliphatic carbocycles. The number of nitrogens with zero attached hydrogens (tertiary/aromatic N) is 1. The lowest BCUT2D eigenvalue weighted by molar-refractivity contribution is -0.143. The van der Waals surface area contributed by atoms with Crippen molar-refractivity contribution in [2.24, 2.45) is 0 Å². The van der Waals surface area contributed by atoms with Crippen molar-refractivity contribution in [1.29, 1.82) is 0 Å². The normalized spacial score (nSPS) is 10.6. The number of carbonyl (C=O) groups excluding carboxylic acids is 1. The highest BCUT2D eigenvalue weighted by molar-refractivity contribution is 5.69. The van der Waals surface area contributed by atoms with E-state index >= 15 is 0 Å². The monoisotopic (exact) mass is 387 g/mol. The first-order chi connectivity index (χ1) is 13.2. The number of hydrogen-bond donors (Lipinski definition) is 1. The summed E-state index contributed by atoms with van der Waals surface area (Å²) in [4.78, 5) is 13.9. The van der Waals surface area contributed by atoms with Crippen molar-refractivity contribution in [3.8, 4) is 0 Å². The molecule has 0 aromatic heterocycles. The number of hydrogen-bond acceptors (Lipinski definition) is 4. The fourth-order valence-electron chi connectivity index (χ4n) is 2.81. The maximum absolute atomic E-state index is 11.6. The molecule has 0 radical (unpaired) electrons. The Morgan fingerprint density at radius 3 is 1.81 bits per heavy atom. The number of unbranched alkanes of at least 4 members (excludes halogenated alkanes) is 8. The van der Waals surface area contributed by atoms with E-state index in [1.807, 2.05) is 0 Å². The molecule has 0 fully saturated rings. The fraction of sp³-hybridized carbons (Fsp3) is 0.957. The minimum Gasteiger partial charge on any atom is -0.466 e. The van der Waals surface area contributed by atoms with Gasteiger partial charge in [-0.2, -0.15) is 0 Å². The number of esters is 1. The van der Waals surface area contributed by atoms with Gasteiger partial charge in [0.1, 0.15) is 0 Å². The van der Waals surface area contributed by atoms with Gasteiger partial charge in [-0.3, -0.25) is 4.79 Å². The third-order valence-corrected chi connectivity index (χ3v) is 4.36. The van der Waals surface area contributed by atoms with Crippen LogP contribution >= 0.6 is 0 Å². The molecule has 0 bridgehead atoms. The van der Waals surface area contributed by atoms with Crippen LogP contribution in [0, 0.1) is 0 Å². The second kappa shape index (κ2) is 25.4. The van der Waals surface area contributed by atoms with E-state index in [0.29, 0.717) is 13.0 Å². The Morgan fingerprint density at radius 2 is 1.26 bits per heavy atom. The maximum atomic E-state index is 11.6. The lowest BCUT2D eigenvalue weighted by atomic mass is 10.1. The Balaban J connectivity index is 0. The summed E-state index contributed by atoms with van der Waals surface area (Å²) in [6, 6.07) is 0. The van der Waals surface area contributed by atoms with E-state index in [4.69, 9.17) is 4.74 Å². The molecule has 164 valence electrons. The van der Waals surface area contributed by atoms with Crippen LogP contribution in [0.25, 0.3) is 0 Å². The number of ether oxygens (including phenoxy) is 1. The van der Waals surface area contributed by atoms with Crippen molar-refractivity contribution in [2.75, 3.05) is 32.8 Å². The highest BCUT2D eigenvalue weighted by Gasteiger charge is 2.05. The number of aliphatic hydroxyl groups excluding tert-OH is 1. The average molecular weight is 388 g/mol. The van der Waals surface area contributed by atoms with Crippen LogP contribution in [0.5, 0.6) is 0 Å². The van der Waals surface area contributed by atoms with E-state index in [1.54, 1.807) is 0 Å². The minimum atomic E-state index is -0.0470. The molecule has 0 aliphatic heterocycles. The average Bonchev–Trinajstić information content (AvgIpc) is 2.65. The fourth-order valence-corrected chi connectivity index (χ4v) is 2.81. The summed E-state index contributed by atoms with van der Waals surface area (Å²) in [5, 5.41) is 9.17. The zero-order valence-corrected chi connectivity index (χ0v) is 18.9. The van der Waals surface area contributed by atoms with Gasteiger partial charge in [0, 0.05) is 13.0 Å². The molecule has 0 saturated carbocycles. The number of carbonyl (C=O) groups is 1. The second-order valence-electron chi connectivity index (χ2n) is 7.42. The van der Waals surface area contributed by atoms with Crippen molar-refractivity contribution in [2.45, 2.75) is 111 Å². The van der Waals surface area contributed by atoms with Gasteiger partial charge < -0.3 is 14.7 Å². The molecule has 0 aliphatic rings. The third-order valence-electron chi connectivity index (χ3n) is 4.36. The first kappa shape index (κ1) is 28.6. The standard InChI is InChI=1S/C20H41NO3.C3H8/c1-3-5-7-8-11-15-21(17-18-22)16-12-9-10-14-20(23)24-19-13-6-4-2;1-3-2/h22H,3-19H2,1-2H3;3H2,1-2H3. The summed E-state index contributed by atoms with van der Waals surface area (Å²) in [7, 11) is 0. The lowest BCUT2D eigenvalue weighted by Crippen LogP contribution is -2.29. The third kappa shape index (κ3) is 25.4. The molecule has 0 unspecified atom stereocenters. The molecule has 0 spiro atoms. The molecular weight excluding hydrogens is 338 g/mol. The molecule has 0 saturated heterocycles. The molecule has 4 nitrogen and oxygen atoms in total. The van der Waals surface area contributed by atoms with Crippen LogP contribution in [0.3, 0.4) is 0 Å². The van der Waals surface area contributed by atoms with Gasteiger partial charge in [0.25, 0.3) is 0 Å². The number of aliphatic hydroxyl groups is 1. The summed E-state index contributed by atoms with van der Waals surface area (Å²) in [5.74, 6) is -0.0470. The largest absolute Gasteiger partial charge is 0.466 e. The van der Waals surface area contributed by atoms with Crippen molar-refractivity contribution in [1.82, 2.24) is 4.90 Å². The molecule has 0 aromatic carbocycles. The van der Waals surface area contributed by atoms with Gasteiger partial charge >= 0.3 is 5.97 Å². The summed E-state index contributed by atoms with van der Waals surface area (Å²) in [5.41, 5.74) is 0. The van der Waals surface area contributed by atoms with E-state index in [9.17, 15) is 9.90 Å². The molecule has 4 heteroatoms. The Labute approximate surface area is 170 Å². The van der Waals surface area contributed by atoms with Crippen LogP contribution in [-0.2, 0) is 9.53 Å². The van der Waals surface area contributed by atoms with Crippen LogP contribution in [0.4, 0.5) is 0 Å². The van der Waals surface area contributed by atoms with Crippen LogP contribution in [0.15, 0.2) is 0 Å². The summed E-state index contributed by atoms with van der Waals surface area (Å²) >= 11 is 0. The topological polar surface area (TPSA) is 49.8 Å². The Morgan fingerprint density at radius 1 is 0.741 bits per heavy atom. The smallest absolute Gasteiger partial charge is 0.305 e. The predicted octanol–water partition coefficient (Wildman–Crippen LogP) is 5.96. The molecule has 0 amide bonds. The zero-order valence-electron chi connectivity index (χ0n) is 18.9. The van der Waals surface area contributed by atoms with Crippen molar-refractivity contribution in [3.05, 3.63) is 0 Å². The first-order valence-electron chi connectivity index (χ1n) is 11.6. The Bertz CT molecular complexity index is 285. The molecule has 0 heterocycles. The van der Waals surface area contributed by atoms with Crippen LogP contribution < -0.4 is 0 Å². The van der Waals surface area contributed by atoms with E-state index in [-0.39, 0.29) is 12.6 Å². The molecule has 0 rings (SSSR count). The van der Waals surface area contributed by atoms with Crippen molar-refractivity contribution >= 4 is 5.97 Å². The van der Waals surface area contributed by atoms with Gasteiger partial charge in [-0.1, -0.05) is 79.1 Å². The molecule has 0 atom stereocenters. The highest BCUT2D eigenvalue weighted by atomic mass is 16.5. The molecular formula is C23H49NO3. The maximum Gasteiger partial charge on any atom is 0.305 e. The molecule has 27 heavy (non-hydrogen) atoms. The van der Waals surface area contributed by atoms with E-state index in [1.165, 1.54) is 38.5 Å². The Hall–Kier alpha value is -0.610. The molecule has 0 aromatic rings. The number of rotatable bonds is 18. The lowest BCUT2D eigenvalue weighted by Gasteiger charge is -2.21. The van der Waals surface area contributed by atoms with Gasteiger partial charge in [0.05, 0.1) is 13.2 Å². The zero-order chi connectivity index (χ0) is 20.6. The van der Waals surface area contributed by atoms with Crippen molar-refractivity contribution < 1.29 is 14.6 Å². The summed E-state index contributed by atoms with van der Waals surface area (Å²) in [6.45, 7) is 12.3. The van der Waals surface area contributed by atoms with Crippen LogP contribution in [0.1, 0.15) is 111 Å². The first-order valence-corrected chi connectivity index (χ1v) is 11.6. The van der Waals surface area contributed by atoms with Crippen molar-refractivity contribution in [3.63, 3.8) is 0 Å². The van der Waals surface area contributed by atoms with Gasteiger partial charge in [-0.15, -0.1) is 0 Å². The van der Waals surface area contributed by atoms with Gasteiger partial charge in [0.2, 0.25) is 0 Å². The van der Waals surface area contributed by atoms with Crippen LogP contribution in [0.2, 0.25) is 0 Å².